The van der Waals surface area contributed by atoms with Crippen molar-refractivity contribution in [3.63, 3.8) is 0 Å². The quantitative estimate of drug-likeness (QED) is 0.239. The molecule has 1 aromatic rings. The van der Waals surface area contributed by atoms with Crippen LogP contribution in [-0.2, 0) is 9.53 Å². The first kappa shape index (κ1) is 25.0. The van der Waals surface area contributed by atoms with Crippen LogP contribution in [0.1, 0.15) is 81.5 Å². The summed E-state index contributed by atoms with van der Waals surface area (Å²) in [5.41, 5.74) is 0.228. The molecule has 0 spiro atoms. The average Bonchev–Trinajstić information content (AvgIpc) is 3.15. The Morgan fingerprint density at radius 2 is 1.87 bits per heavy atom. The van der Waals surface area contributed by atoms with Crippen molar-refractivity contribution in [2.45, 2.75) is 84.3 Å². The van der Waals surface area contributed by atoms with Crippen LogP contribution in [0.15, 0.2) is 23.2 Å². The van der Waals surface area contributed by atoms with Gasteiger partial charge in [-0.05, 0) is 37.2 Å². The smallest absolute Gasteiger partial charge is 0.304 e. The molecule has 0 saturated carbocycles. The highest BCUT2D eigenvalue weighted by molar-refractivity contribution is 5.92. The van der Waals surface area contributed by atoms with E-state index in [1.807, 2.05) is 0 Å². The van der Waals surface area contributed by atoms with Gasteiger partial charge in [0.05, 0.1) is 6.04 Å². The normalized spacial score (nSPS) is 11.8. The molecule has 0 aromatic carbocycles. The Kier molecular flexibility index (Phi) is 12.5. The maximum absolute atomic E-state index is 12.4. The van der Waals surface area contributed by atoms with Gasteiger partial charge in [0.1, 0.15) is 5.76 Å². The first-order valence-corrected chi connectivity index (χ1v) is 10.5. The molecule has 0 aliphatic carbocycles. The number of hydrogen-bond donors (Lipinski definition) is 1. The number of aromatic nitrogens is 1. The van der Waals surface area contributed by atoms with Crippen molar-refractivity contribution < 1.29 is 18.8 Å². The third-order valence-corrected chi connectivity index (χ3v) is 4.29. The van der Waals surface area contributed by atoms with Crippen LogP contribution < -0.4 is 5.32 Å². The summed E-state index contributed by atoms with van der Waals surface area (Å²) in [5.74, 6) is 10.9. The van der Waals surface area contributed by atoms with Crippen LogP contribution in [0, 0.1) is 30.6 Å². The summed E-state index contributed by atoms with van der Waals surface area (Å²) in [6.07, 6.45) is 9.70. The van der Waals surface area contributed by atoms with Gasteiger partial charge in [0, 0.05) is 13.0 Å². The molecule has 0 bridgehead atoms. The molecule has 1 heterocycles. The van der Waals surface area contributed by atoms with Gasteiger partial charge in [0.2, 0.25) is 0 Å². The number of carbonyl (C=O) groups excluding carboxylic acids is 2. The SMILES string of the molecule is C=C[C@@H](C#CC#C[C@@H](CCCCCCCCC)NC(=O)c1cc(C)on1)OC(C)=O. The zero-order chi connectivity index (χ0) is 22.2. The Bertz CT molecular complexity index is 804. The Morgan fingerprint density at radius 3 is 2.47 bits per heavy atom. The maximum Gasteiger partial charge on any atom is 0.304 e. The molecule has 1 amide bonds. The summed E-state index contributed by atoms with van der Waals surface area (Å²) in [6, 6.07) is 1.23. The van der Waals surface area contributed by atoms with Gasteiger partial charge < -0.3 is 14.6 Å². The van der Waals surface area contributed by atoms with Crippen molar-refractivity contribution in [2.24, 2.45) is 0 Å². The van der Waals surface area contributed by atoms with Crippen molar-refractivity contribution in [3.05, 3.63) is 30.2 Å². The number of hydrogen-bond acceptors (Lipinski definition) is 5. The van der Waals surface area contributed by atoms with Crippen molar-refractivity contribution >= 4 is 11.9 Å². The molecule has 2 atom stereocenters. The van der Waals surface area contributed by atoms with Crippen LogP contribution in [0.25, 0.3) is 0 Å². The molecule has 0 unspecified atom stereocenters. The van der Waals surface area contributed by atoms with Crippen molar-refractivity contribution in [1.29, 1.82) is 0 Å². The molecule has 1 aromatic heterocycles. The summed E-state index contributed by atoms with van der Waals surface area (Å²) in [5, 5.41) is 6.63. The largest absolute Gasteiger partial charge is 0.445 e. The van der Waals surface area contributed by atoms with Gasteiger partial charge >= 0.3 is 5.97 Å². The van der Waals surface area contributed by atoms with E-state index in [9.17, 15) is 9.59 Å². The van der Waals surface area contributed by atoms with Gasteiger partial charge in [0.25, 0.3) is 5.91 Å². The highest BCUT2D eigenvalue weighted by Crippen LogP contribution is 2.10. The molecule has 1 N–H and O–H groups in total. The van der Waals surface area contributed by atoms with Gasteiger partial charge in [-0.15, -0.1) is 0 Å². The zero-order valence-electron chi connectivity index (χ0n) is 18.3. The number of unbranched alkanes of at least 4 members (excludes halogenated alkanes) is 6. The van der Waals surface area contributed by atoms with Gasteiger partial charge in [-0.3, -0.25) is 9.59 Å². The van der Waals surface area contributed by atoms with Gasteiger partial charge in [-0.2, -0.15) is 0 Å². The average molecular weight is 413 g/mol. The third-order valence-electron chi connectivity index (χ3n) is 4.29. The highest BCUT2D eigenvalue weighted by Gasteiger charge is 2.15. The summed E-state index contributed by atoms with van der Waals surface area (Å²) >= 11 is 0. The first-order valence-electron chi connectivity index (χ1n) is 10.5. The number of aryl methyl sites for hydroxylation is 1. The predicted octanol–water partition coefficient (Wildman–Crippen LogP) is 4.35. The van der Waals surface area contributed by atoms with Crippen molar-refractivity contribution in [3.8, 4) is 23.7 Å². The number of rotatable bonds is 12. The standard InChI is InChI=1S/C24H32N2O4/c1-5-7-8-9-10-11-12-15-21(25-24(28)23-18-19(3)30-26-23)16-13-14-17-22(6-2)29-20(4)27/h6,18,21-22H,2,5,7-12,15H2,1,3-4H3,(H,25,28)/t21-,22+/m1/s1. The molecular formula is C24H32N2O4. The van der Waals surface area contributed by atoms with E-state index in [1.54, 1.807) is 13.0 Å². The molecule has 162 valence electrons. The third kappa shape index (κ3) is 11.1. The number of esters is 1. The maximum atomic E-state index is 12.4. The lowest BCUT2D eigenvalue weighted by Gasteiger charge is -2.12. The lowest BCUT2D eigenvalue weighted by Crippen LogP contribution is -2.34. The topological polar surface area (TPSA) is 81.4 Å². The first-order chi connectivity index (χ1) is 14.5. The van der Waals surface area contributed by atoms with Crippen molar-refractivity contribution in [1.82, 2.24) is 10.5 Å². The number of amides is 1. The van der Waals surface area contributed by atoms with Crippen LogP contribution >= 0.6 is 0 Å². The van der Waals surface area contributed by atoms with Crippen LogP contribution in [0.5, 0.6) is 0 Å². The molecule has 0 saturated heterocycles. The summed E-state index contributed by atoms with van der Waals surface area (Å²) in [7, 11) is 0. The lowest BCUT2D eigenvalue weighted by atomic mass is 10.0. The Labute approximate surface area is 179 Å². The number of carbonyl (C=O) groups is 2. The fourth-order valence-electron chi connectivity index (χ4n) is 2.74. The monoisotopic (exact) mass is 412 g/mol. The van der Waals surface area contributed by atoms with E-state index in [0.29, 0.717) is 5.76 Å². The Hall–Kier alpha value is -2.99. The fourth-order valence-corrected chi connectivity index (χ4v) is 2.74. The second kappa shape index (κ2) is 14.9. The lowest BCUT2D eigenvalue weighted by molar-refractivity contribution is -0.142. The van der Waals surface area contributed by atoms with E-state index in [2.05, 4.69) is 47.7 Å². The van der Waals surface area contributed by atoms with E-state index >= 15 is 0 Å². The number of ether oxygens (including phenoxy) is 1. The van der Waals surface area contributed by atoms with Crippen LogP contribution in [0.3, 0.4) is 0 Å². The molecule has 0 radical (unpaired) electrons. The minimum Gasteiger partial charge on any atom is -0.445 e. The van der Waals surface area contributed by atoms with E-state index < -0.39 is 12.1 Å². The van der Waals surface area contributed by atoms with Crippen LogP contribution in [0.4, 0.5) is 0 Å². The second-order valence-corrected chi connectivity index (χ2v) is 7.06. The molecule has 0 fully saturated rings. The fraction of sp³-hybridized carbons (Fsp3) is 0.542. The second-order valence-electron chi connectivity index (χ2n) is 7.06. The van der Waals surface area contributed by atoms with E-state index in [-0.39, 0.29) is 17.6 Å². The van der Waals surface area contributed by atoms with Crippen LogP contribution in [-0.4, -0.2) is 29.2 Å². The summed E-state index contributed by atoms with van der Waals surface area (Å²) in [6.45, 7) is 8.82. The molecule has 0 aliphatic rings. The molecule has 30 heavy (non-hydrogen) atoms. The Balaban J connectivity index is 2.67. The summed E-state index contributed by atoms with van der Waals surface area (Å²) in [4.78, 5) is 23.4. The number of nitrogens with one attached hydrogen (secondary N) is 1. The van der Waals surface area contributed by atoms with Gasteiger partial charge in [-0.25, -0.2) is 0 Å². The number of nitrogens with zero attached hydrogens (tertiary/aromatic N) is 1. The van der Waals surface area contributed by atoms with Crippen LogP contribution in [0.2, 0.25) is 0 Å². The highest BCUT2D eigenvalue weighted by atomic mass is 16.5. The van der Waals surface area contributed by atoms with Crippen molar-refractivity contribution in [2.75, 3.05) is 0 Å². The van der Waals surface area contributed by atoms with E-state index in [1.165, 1.54) is 45.1 Å². The van der Waals surface area contributed by atoms with E-state index in [0.717, 1.165) is 19.3 Å². The van der Waals surface area contributed by atoms with E-state index in [4.69, 9.17) is 9.26 Å². The molecule has 6 heteroatoms. The van der Waals surface area contributed by atoms with Gasteiger partial charge in [-0.1, -0.05) is 69.5 Å². The zero-order valence-corrected chi connectivity index (χ0v) is 18.3. The molecule has 6 nitrogen and oxygen atoms in total. The molecular weight excluding hydrogens is 380 g/mol. The van der Waals surface area contributed by atoms with Gasteiger partial charge in [0.15, 0.2) is 11.8 Å². The minimum atomic E-state index is -0.703. The summed E-state index contributed by atoms with van der Waals surface area (Å²) < 4.78 is 9.93. The minimum absolute atomic E-state index is 0.228. The Morgan fingerprint density at radius 1 is 1.20 bits per heavy atom. The molecule has 1 rings (SSSR count). The predicted molar refractivity (Wildman–Crippen MR) is 116 cm³/mol. The molecule has 0 aliphatic heterocycles.